The summed E-state index contributed by atoms with van der Waals surface area (Å²) in [4.78, 5) is 28.1. The van der Waals surface area contributed by atoms with Gasteiger partial charge in [-0.25, -0.2) is 9.78 Å². The average molecular weight is 382 g/mol. The van der Waals surface area contributed by atoms with Crippen molar-refractivity contribution in [3.8, 4) is 5.75 Å². The lowest BCUT2D eigenvalue weighted by atomic mass is 10.0. The Labute approximate surface area is 153 Å². The Kier molecular flexibility index (Phi) is 6.04. The van der Waals surface area contributed by atoms with E-state index >= 15 is 0 Å². The molecule has 0 bridgehead atoms. The van der Waals surface area contributed by atoms with Crippen LogP contribution < -0.4 is 10.1 Å². The molecule has 0 spiro atoms. The Morgan fingerprint density at radius 1 is 1.22 bits per heavy atom. The van der Waals surface area contributed by atoms with Crippen molar-refractivity contribution in [2.75, 3.05) is 7.11 Å². The molecule has 27 heavy (non-hydrogen) atoms. The molecule has 0 aliphatic carbocycles. The highest BCUT2D eigenvalue weighted by Crippen LogP contribution is 2.25. The number of nitrogens with one attached hydrogen (secondary N) is 1. The van der Waals surface area contributed by atoms with E-state index in [1.807, 2.05) is 0 Å². The van der Waals surface area contributed by atoms with E-state index in [1.165, 1.54) is 37.6 Å². The van der Waals surface area contributed by atoms with Gasteiger partial charge in [-0.05, 0) is 43.2 Å². The third-order valence-corrected chi connectivity index (χ3v) is 3.77. The topological polar surface area (TPSA) is 77.5 Å². The summed E-state index contributed by atoms with van der Waals surface area (Å²) in [5, 5.41) is 2.67. The number of alkyl halides is 3. The highest BCUT2D eigenvalue weighted by Gasteiger charge is 2.31. The number of hydrogen-bond donors (Lipinski definition) is 1. The van der Waals surface area contributed by atoms with Gasteiger partial charge in [0.05, 0.1) is 13.2 Å². The first-order chi connectivity index (χ1) is 12.6. The number of rotatable bonds is 5. The van der Waals surface area contributed by atoms with E-state index < -0.39 is 24.3 Å². The molecule has 1 N–H and O–H groups in total. The summed E-state index contributed by atoms with van der Waals surface area (Å²) < 4.78 is 45.5. The molecular formula is C18H17F3N2O4. The van der Waals surface area contributed by atoms with Gasteiger partial charge in [0.1, 0.15) is 5.75 Å². The van der Waals surface area contributed by atoms with Crippen LogP contribution >= 0.6 is 0 Å². The summed E-state index contributed by atoms with van der Waals surface area (Å²) in [6, 6.07) is 6.15. The second kappa shape index (κ2) is 8.07. The maximum atomic E-state index is 12.5. The van der Waals surface area contributed by atoms with Gasteiger partial charge in [0.2, 0.25) is 0 Å². The molecule has 1 unspecified atom stereocenters. The van der Waals surface area contributed by atoms with E-state index in [2.05, 4.69) is 19.8 Å². The fourth-order valence-electron chi connectivity index (χ4n) is 2.42. The predicted octanol–water partition coefficient (Wildman–Crippen LogP) is 3.57. The first kappa shape index (κ1) is 20.2. The van der Waals surface area contributed by atoms with Gasteiger partial charge in [0.25, 0.3) is 5.91 Å². The summed E-state index contributed by atoms with van der Waals surface area (Å²) in [5.41, 5.74) is 0.978. The number of esters is 1. The van der Waals surface area contributed by atoms with Crippen molar-refractivity contribution in [1.29, 1.82) is 0 Å². The van der Waals surface area contributed by atoms with Crippen molar-refractivity contribution in [3.05, 3.63) is 58.9 Å². The number of hydrogen-bond acceptors (Lipinski definition) is 5. The Bertz CT molecular complexity index is 853. The van der Waals surface area contributed by atoms with Gasteiger partial charge in [-0.15, -0.1) is 13.2 Å². The molecule has 1 amide bonds. The molecule has 1 aromatic heterocycles. The molecule has 1 aromatic carbocycles. The third kappa shape index (κ3) is 5.19. The van der Waals surface area contributed by atoms with E-state index in [1.54, 1.807) is 19.9 Å². The second-order valence-electron chi connectivity index (χ2n) is 5.64. The van der Waals surface area contributed by atoms with Gasteiger partial charge in [-0.3, -0.25) is 4.79 Å². The number of methoxy groups -OCH3 is 1. The normalized spacial score (nSPS) is 12.2. The standard InChI is InChI=1S/C18H17F3N2O4/c1-10-14(7-8-22-15(10)17(25)26-3)16(24)23-11(2)12-5-4-6-13(9-12)27-18(19,20)21/h4-9,11H,1-3H3,(H,23,24). The molecule has 9 heteroatoms. The second-order valence-corrected chi connectivity index (χ2v) is 5.64. The van der Waals surface area contributed by atoms with Crippen molar-refractivity contribution in [1.82, 2.24) is 10.3 Å². The van der Waals surface area contributed by atoms with E-state index in [0.29, 0.717) is 11.1 Å². The van der Waals surface area contributed by atoms with Crippen LogP contribution in [0.3, 0.4) is 0 Å². The lowest BCUT2D eigenvalue weighted by molar-refractivity contribution is -0.274. The fourth-order valence-corrected chi connectivity index (χ4v) is 2.42. The van der Waals surface area contributed by atoms with Crippen LogP contribution in [0.5, 0.6) is 5.75 Å². The molecule has 0 fully saturated rings. The minimum absolute atomic E-state index is 0.0124. The first-order valence-corrected chi connectivity index (χ1v) is 7.83. The molecule has 6 nitrogen and oxygen atoms in total. The minimum Gasteiger partial charge on any atom is -0.464 e. The van der Waals surface area contributed by atoms with Crippen molar-refractivity contribution < 1.29 is 32.2 Å². The minimum atomic E-state index is -4.80. The molecule has 2 aromatic rings. The fraction of sp³-hybridized carbons (Fsp3) is 0.278. The van der Waals surface area contributed by atoms with E-state index in [0.717, 1.165) is 0 Å². The van der Waals surface area contributed by atoms with E-state index in [4.69, 9.17) is 0 Å². The average Bonchev–Trinajstić information content (AvgIpc) is 2.59. The number of pyridine rings is 1. The number of halogens is 3. The Balaban J connectivity index is 2.19. The molecule has 0 saturated carbocycles. The summed E-state index contributed by atoms with van der Waals surface area (Å²) in [6.45, 7) is 3.17. The maximum Gasteiger partial charge on any atom is 0.573 e. The first-order valence-electron chi connectivity index (χ1n) is 7.83. The van der Waals surface area contributed by atoms with Crippen LogP contribution in [-0.4, -0.2) is 30.3 Å². The van der Waals surface area contributed by atoms with Gasteiger partial charge in [-0.2, -0.15) is 0 Å². The smallest absolute Gasteiger partial charge is 0.464 e. The SMILES string of the molecule is COC(=O)c1nccc(C(=O)NC(C)c2cccc(OC(F)(F)F)c2)c1C. The molecule has 1 atom stereocenters. The summed E-state index contributed by atoms with van der Waals surface area (Å²) in [7, 11) is 1.20. The number of nitrogens with zero attached hydrogens (tertiary/aromatic N) is 1. The van der Waals surface area contributed by atoms with Crippen molar-refractivity contribution in [2.45, 2.75) is 26.3 Å². The third-order valence-electron chi connectivity index (χ3n) is 3.77. The summed E-state index contributed by atoms with van der Waals surface area (Å²) in [6.07, 6.45) is -3.50. The highest BCUT2D eigenvalue weighted by atomic mass is 19.4. The largest absolute Gasteiger partial charge is 0.573 e. The Morgan fingerprint density at radius 3 is 2.56 bits per heavy atom. The monoisotopic (exact) mass is 382 g/mol. The lowest BCUT2D eigenvalue weighted by Crippen LogP contribution is -2.28. The Morgan fingerprint density at radius 2 is 1.93 bits per heavy atom. The Hall–Kier alpha value is -3.10. The number of aromatic nitrogens is 1. The van der Waals surface area contributed by atoms with Crippen LogP contribution in [0.25, 0.3) is 0 Å². The summed E-state index contributed by atoms with van der Waals surface area (Å²) >= 11 is 0. The number of carbonyl (C=O) groups excluding carboxylic acids is 2. The molecule has 144 valence electrons. The van der Waals surface area contributed by atoms with E-state index in [-0.39, 0.29) is 17.0 Å². The zero-order chi connectivity index (χ0) is 20.2. The van der Waals surface area contributed by atoms with Crippen LogP contribution in [0.2, 0.25) is 0 Å². The maximum absolute atomic E-state index is 12.5. The van der Waals surface area contributed by atoms with Gasteiger partial charge < -0.3 is 14.8 Å². The zero-order valence-corrected chi connectivity index (χ0v) is 14.8. The van der Waals surface area contributed by atoms with Crippen LogP contribution in [-0.2, 0) is 4.74 Å². The van der Waals surface area contributed by atoms with Crippen LogP contribution in [0.4, 0.5) is 13.2 Å². The van der Waals surface area contributed by atoms with Crippen molar-refractivity contribution in [2.24, 2.45) is 0 Å². The molecule has 0 aliphatic rings. The molecule has 0 aliphatic heterocycles. The van der Waals surface area contributed by atoms with Gasteiger partial charge in [0.15, 0.2) is 5.69 Å². The quantitative estimate of drug-likeness (QED) is 0.800. The van der Waals surface area contributed by atoms with Gasteiger partial charge in [0, 0.05) is 11.8 Å². The number of amides is 1. The number of ether oxygens (including phenoxy) is 2. The summed E-state index contributed by atoms with van der Waals surface area (Å²) in [5.74, 6) is -1.56. The van der Waals surface area contributed by atoms with Crippen LogP contribution in [0, 0.1) is 6.92 Å². The zero-order valence-electron chi connectivity index (χ0n) is 14.8. The van der Waals surface area contributed by atoms with Crippen LogP contribution in [0.1, 0.15) is 44.9 Å². The van der Waals surface area contributed by atoms with Crippen molar-refractivity contribution >= 4 is 11.9 Å². The predicted molar refractivity (Wildman–Crippen MR) is 89.3 cm³/mol. The van der Waals surface area contributed by atoms with E-state index in [9.17, 15) is 22.8 Å². The lowest BCUT2D eigenvalue weighted by Gasteiger charge is -2.17. The molecule has 0 saturated heterocycles. The number of benzene rings is 1. The van der Waals surface area contributed by atoms with Gasteiger partial charge >= 0.3 is 12.3 Å². The number of carbonyl (C=O) groups is 2. The molecule has 1 heterocycles. The molecule has 0 radical (unpaired) electrons. The highest BCUT2D eigenvalue weighted by molar-refractivity contribution is 5.99. The molecular weight excluding hydrogens is 365 g/mol. The van der Waals surface area contributed by atoms with Crippen molar-refractivity contribution in [3.63, 3.8) is 0 Å². The van der Waals surface area contributed by atoms with Gasteiger partial charge in [-0.1, -0.05) is 12.1 Å². The van der Waals surface area contributed by atoms with Crippen LogP contribution in [0.15, 0.2) is 36.5 Å². The molecule has 2 rings (SSSR count).